The van der Waals surface area contributed by atoms with E-state index in [4.69, 9.17) is 10.00 Å². The molecule has 0 aliphatic heterocycles. The quantitative estimate of drug-likeness (QED) is 0.573. The molecule has 0 fully saturated rings. The summed E-state index contributed by atoms with van der Waals surface area (Å²) in [7, 11) is 0. The summed E-state index contributed by atoms with van der Waals surface area (Å²) in [6, 6.07) is 8.69. The molecule has 1 rings (SSSR count). The molecule has 0 saturated heterocycles. The van der Waals surface area contributed by atoms with Crippen LogP contribution in [0.15, 0.2) is 30.0 Å². The molecule has 5 heteroatoms. The van der Waals surface area contributed by atoms with Crippen LogP contribution in [0.1, 0.15) is 12.5 Å². The molecule has 0 amide bonds. The van der Waals surface area contributed by atoms with E-state index in [-0.39, 0.29) is 12.3 Å². The van der Waals surface area contributed by atoms with Crippen molar-refractivity contribution < 1.29 is 9.66 Å². The Kier molecular flexibility index (Phi) is 4.04. The van der Waals surface area contributed by atoms with Crippen LogP contribution in [0.3, 0.4) is 0 Å². The van der Waals surface area contributed by atoms with Crippen molar-refractivity contribution in [3.63, 3.8) is 0 Å². The Hall–Kier alpha value is -2.35. The molecule has 1 aromatic carbocycles. The molecule has 0 aliphatic carbocycles. The van der Waals surface area contributed by atoms with Crippen molar-refractivity contribution in [1.82, 2.24) is 0 Å². The van der Waals surface area contributed by atoms with Gasteiger partial charge in [0.05, 0.1) is 4.92 Å². The van der Waals surface area contributed by atoms with Crippen LogP contribution in [0.25, 0.3) is 6.08 Å². The monoisotopic (exact) mass is 218 g/mol. The number of hydrogen-bond acceptors (Lipinski definition) is 4. The smallest absolute Gasteiger partial charge is 0.243 e. The number of rotatable bonds is 4. The van der Waals surface area contributed by atoms with Crippen molar-refractivity contribution in [1.29, 1.82) is 5.26 Å². The Balaban J connectivity index is 3.00. The summed E-state index contributed by atoms with van der Waals surface area (Å²) in [5.74, 6) is 0.463. The summed E-state index contributed by atoms with van der Waals surface area (Å²) < 4.78 is 5.14. The topological polar surface area (TPSA) is 76.2 Å². The van der Waals surface area contributed by atoms with Crippen molar-refractivity contribution in [2.75, 3.05) is 6.61 Å². The van der Waals surface area contributed by atoms with Crippen LogP contribution >= 0.6 is 0 Å². The molecule has 0 radical (unpaired) electrons. The van der Waals surface area contributed by atoms with Gasteiger partial charge in [0.25, 0.3) is 0 Å². The predicted octanol–water partition coefficient (Wildman–Crippen LogP) is 2.23. The van der Waals surface area contributed by atoms with Crippen LogP contribution in [0.5, 0.6) is 5.75 Å². The van der Waals surface area contributed by atoms with E-state index in [9.17, 15) is 10.1 Å². The average Bonchev–Trinajstić information content (AvgIpc) is 2.27. The fraction of sp³-hybridized carbons (Fsp3) is 0.182. The zero-order valence-corrected chi connectivity index (χ0v) is 8.71. The SMILES string of the molecule is CC(=Cc1ccccc1OCC#N)[N+](=O)[O-]. The van der Waals surface area contributed by atoms with Gasteiger partial charge in [-0.2, -0.15) is 5.26 Å². The number of nitro groups is 1. The maximum Gasteiger partial charge on any atom is 0.243 e. The standard InChI is InChI=1S/C11H10N2O3/c1-9(13(14)15)8-10-4-2-3-5-11(10)16-7-6-12/h2-5,8H,7H2,1H3. The van der Waals surface area contributed by atoms with Crippen molar-refractivity contribution >= 4 is 6.08 Å². The summed E-state index contributed by atoms with van der Waals surface area (Å²) in [6.07, 6.45) is 1.41. The molecule has 5 nitrogen and oxygen atoms in total. The first-order valence-corrected chi connectivity index (χ1v) is 4.56. The van der Waals surface area contributed by atoms with E-state index in [1.807, 2.05) is 6.07 Å². The van der Waals surface area contributed by atoms with Crippen LogP contribution in [-0.2, 0) is 0 Å². The fourth-order valence-corrected chi connectivity index (χ4v) is 1.12. The Labute approximate surface area is 92.7 Å². The van der Waals surface area contributed by atoms with Crippen LogP contribution in [0.4, 0.5) is 0 Å². The second kappa shape index (κ2) is 5.51. The van der Waals surface area contributed by atoms with Gasteiger partial charge in [-0.05, 0) is 6.07 Å². The Morgan fingerprint density at radius 3 is 2.94 bits per heavy atom. The lowest BCUT2D eigenvalue weighted by Crippen LogP contribution is -1.97. The summed E-state index contributed by atoms with van der Waals surface area (Å²) in [6.45, 7) is 1.32. The highest BCUT2D eigenvalue weighted by Crippen LogP contribution is 2.20. The molecule has 82 valence electrons. The normalized spacial score (nSPS) is 10.6. The van der Waals surface area contributed by atoms with Crippen LogP contribution in [0, 0.1) is 21.4 Å². The summed E-state index contributed by atoms with van der Waals surface area (Å²) in [4.78, 5) is 10.0. The maximum atomic E-state index is 10.5. The second-order valence-corrected chi connectivity index (χ2v) is 3.03. The number of hydrogen-bond donors (Lipinski definition) is 0. The van der Waals surface area contributed by atoms with Crippen molar-refractivity contribution in [3.8, 4) is 11.8 Å². The summed E-state index contributed by atoms with van der Waals surface area (Å²) in [5, 5.41) is 18.9. The number of nitrogens with zero attached hydrogens (tertiary/aromatic N) is 2. The van der Waals surface area contributed by atoms with Gasteiger partial charge >= 0.3 is 0 Å². The number of ether oxygens (including phenoxy) is 1. The van der Waals surface area contributed by atoms with Gasteiger partial charge in [0.15, 0.2) is 6.61 Å². The second-order valence-electron chi connectivity index (χ2n) is 3.03. The molecule has 0 saturated carbocycles. The minimum absolute atomic E-state index is 0.0213. The van der Waals surface area contributed by atoms with Gasteiger partial charge in [0.1, 0.15) is 11.8 Å². The van der Waals surface area contributed by atoms with Gasteiger partial charge < -0.3 is 4.74 Å². The highest BCUT2D eigenvalue weighted by molar-refractivity contribution is 5.58. The van der Waals surface area contributed by atoms with Gasteiger partial charge in [-0.25, -0.2) is 0 Å². The third-order valence-electron chi connectivity index (χ3n) is 1.86. The molecular formula is C11H10N2O3. The largest absolute Gasteiger partial charge is 0.478 e. The molecule has 0 heterocycles. The van der Waals surface area contributed by atoms with Crippen LogP contribution in [-0.4, -0.2) is 11.5 Å². The molecule has 16 heavy (non-hydrogen) atoms. The first-order chi connectivity index (χ1) is 7.65. The van der Waals surface area contributed by atoms with Gasteiger partial charge in [-0.1, -0.05) is 18.2 Å². The zero-order chi connectivity index (χ0) is 12.0. The molecular weight excluding hydrogens is 208 g/mol. The number of nitriles is 1. The number of benzene rings is 1. The van der Waals surface area contributed by atoms with Crippen molar-refractivity contribution in [3.05, 3.63) is 45.6 Å². The average molecular weight is 218 g/mol. The Morgan fingerprint density at radius 2 is 2.31 bits per heavy atom. The molecule has 0 bridgehead atoms. The van der Waals surface area contributed by atoms with Gasteiger partial charge in [0.2, 0.25) is 5.70 Å². The number of para-hydroxylation sites is 1. The summed E-state index contributed by atoms with van der Waals surface area (Å²) in [5.41, 5.74) is 0.611. The fourth-order valence-electron chi connectivity index (χ4n) is 1.12. The minimum Gasteiger partial charge on any atom is -0.478 e. The number of allylic oxidation sites excluding steroid dienone is 1. The Morgan fingerprint density at radius 1 is 1.62 bits per heavy atom. The van der Waals surface area contributed by atoms with E-state index in [0.29, 0.717) is 11.3 Å². The molecule has 0 spiro atoms. The third kappa shape index (κ3) is 3.10. The Bertz CT molecular complexity index is 461. The van der Waals surface area contributed by atoms with Crippen molar-refractivity contribution in [2.45, 2.75) is 6.92 Å². The van der Waals surface area contributed by atoms with Crippen molar-refractivity contribution in [2.24, 2.45) is 0 Å². The molecule has 0 aromatic heterocycles. The molecule has 0 N–H and O–H groups in total. The molecule has 1 aromatic rings. The molecule has 0 aliphatic rings. The van der Waals surface area contributed by atoms with Crippen LogP contribution < -0.4 is 4.74 Å². The first-order valence-electron chi connectivity index (χ1n) is 4.56. The van der Waals surface area contributed by atoms with E-state index in [2.05, 4.69) is 0 Å². The lowest BCUT2D eigenvalue weighted by atomic mass is 10.2. The molecule has 0 unspecified atom stereocenters. The third-order valence-corrected chi connectivity index (χ3v) is 1.86. The van der Waals surface area contributed by atoms with E-state index in [1.54, 1.807) is 24.3 Å². The predicted molar refractivity (Wildman–Crippen MR) is 58.2 cm³/mol. The minimum atomic E-state index is -0.471. The van der Waals surface area contributed by atoms with Crippen LogP contribution in [0.2, 0.25) is 0 Å². The highest BCUT2D eigenvalue weighted by Gasteiger charge is 2.06. The van der Waals surface area contributed by atoms with Gasteiger partial charge in [0, 0.05) is 18.6 Å². The van der Waals surface area contributed by atoms with E-state index >= 15 is 0 Å². The van der Waals surface area contributed by atoms with E-state index in [0.717, 1.165) is 0 Å². The maximum absolute atomic E-state index is 10.5. The highest BCUT2D eigenvalue weighted by atomic mass is 16.6. The lowest BCUT2D eigenvalue weighted by Gasteiger charge is -2.04. The zero-order valence-electron chi connectivity index (χ0n) is 8.71. The van der Waals surface area contributed by atoms with Gasteiger partial charge in [-0.3, -0.25) is 10.1 Å². The van der Waals surface area contributed by atoms with E-state index in [1.165, 1.54) is 13.0 Å². The molecule has 0 atom stereocenters. The summed E-state index contributed by atoms with van der Waals surface area (Å²) >= 11 is 0. The lowest BCUT2D eigenvalue weighted by molar-refractivity contribution is -0.422. The first kappa shape index (κ1) is 11.7. The van der Waals surface area contributed by atoms with E-state index < -0.39 is 4.92 Å². The van der Waals surface area contributed by atoms with Gasteiger partial charge in [-0.15, -0.1) is 0 Å².